The molecule has 0 aromatic carbocycles. The summed E-state index contributed by atoms with van der Waals surface area (Å²) in [5.41, 5.74) is -0.217. The minimum atomic E-state index is -0.319. The van der Waals surface area contributed by atoms with Gasteiger partial charge in [-0.15, -0.1) is 0 Å². The molecular formula is C14H20FN3O2. The third-order valence-electron chi connectivity index (χ3n) is 3.84. The van der Waals surface area contributed by atoms with Crippen molar-refractivity contribution in [2.24, 2.45) is 5.92 Å². The molecule has 2 aliphatic heterocycles. The van der Waals surface area contributed by atoms with Gasteiger partial charge in [-0.1, -0.05) is 0 Å². The molecule has 2 saturated heterocycles. The molecule has 0 aliphatic carbocycles. The SMILES string of the molecule is Fc1cccnc1NC[C@H]1CO[C@@]2(CNCCOC2)C1. The van der Waals surface area contributed by atoms with Crippen molar-refractivity contribution in [3.05, 3.63) is 24.1 Å². The molecule has 0 bridgehead atoms. The fourth-order valence-corrected chi connectivity index (χ4v) is 2.82. The van der Waals surface area contributed by atoms with E-state index in [1.165, 1.54) is 6.07 Å². The number of anilines is 1. The monoisotopic (exact) mass is 281 g/mol. The summed E-state index contributed by atoms with van der Waals surface area (Å²) in [5, 5.41) is 6.41. The van der Waals surface area contributed by atoms with Gasteiger partial charge in [0.2, 0.25) is 0 Å². The van der Waals surface area contributed by atoms with E-state index in [4.69, 9.17) is 9.47 Å². The van der Waals surface area contributed by atoms with Gasteiger partial charge in [-0.3, -0.25) is 0 Å². The summed E-state index contributed by atoms with van der Waals surface area (Å²) in [4.78, 5) is 3.99. The minimum absolute atomic E-state index is 0.217. The first-order valence-electron chi connectivity index (χ1n) is 7.04. The van der Waals surface area contributed by atoms with Crippen LogP contribution >= 0.6 is 0 Å². The van der Waals surface area contributed by atoms with E-state index in [-0.39, 0.29) is 11.4 Å². The number of nitrogens with zero attached hydrogens (tertiary/aromatic N) is 1. The molecule has 1 aromatic rings. The second-order valence-corrected chi connectivity index (χ2v) is 5.51. The molecule has 1 spiro atoms. The molecular weight excluding hydrogens is 261 g/mol. The van der Waals surface area contributed by atoms with Crippen molar-refractivity contribution in [1.29, 1.82) is 0 Å². The van der Waals surface area contributed by atoms with E-state index in [0.717, 1.165) is 26.1 Å². The minimum Gasteiger partial charge on any atom is -0.377 e. The Morgan fingerprint density at radius 2 is 2.50 bits per heavy atom. The van der Waals surface area contributed by atoms with Crippen molar-refractivity contribution in [3.8, 4) is 0 Å². The Kier molecular flexibility index (Phi) is 4.14. The number of halogens is 1. The topological polar surface area (TPSA) is 55.4 Å². The summed E-state index contributed by atoms with van der Waals surface area (Å²) in [6.45, 7) is 4.39. The highest BCUT2D eigenvalue weighted by Gasteiger charge is 2.41. The van der Waals surface area contributed by atoms with Crippen LogP contribution < -0.4 is 10.6 Å². The van der Waals surface area contributed by atoms with Crippen molar-refractivity contribution in [2.75, 3.05) is 44.8 Å². The standard InChI is InChI=1S/C14H20FN3O2/c15-12-2-1-3-17-13(12)18-7-11-6-14(20-8-11)9-16-4-5-19-10-14/h1-3,11,16H,4-10H2,(H,17,18)/t11-,14+/m0/s1. The van der Waals surface area contributed by atoms with Gasteiger partial charge in [0.05, 0.1) is 19.8 Å². The fourth-order valence-electron chi connectivity index (χ4n) is 2.82. The van der Waals surface area contributed by atoms with Crippen molar-refractivity contribution >= 4 is 5.82 Å². The molecule has 3 rings (SSSR count). The van der Waals surface area contributed by atoms with E-state index in [9.17, 15) is 4.39 Å². The van der Waals surface area contributed by atoms with Gasteiger partial charge in [-0.2, -0.15) is 0 Å². The van der Waals surface area contributed by atoms with Crippen LogP contribution in [0.25, 0.3) is 0 Å². The molecule has 5 nitrogen and oxygen atoms in total. The molecule has 110 valence electrons. The Morgan fingerprint density at radius 3 is 3.40 bits per heavy atom. The Hall–Kier alpha value is -1.24. The molecule has 2 atom stereocenters. The number of hydrogen-bond donors (Lipinski definition) is 2. The molecule has 2 fully saturated rings. The highest BCUT2D eigenvalue weighted by Crippen LogP contribution is 2.31. The summed E-state index contributed by atoms with van der Waals surface area (Å²) in [5.74, 6) is 0.337. The van der Waals surface area contributed by atoms with Crippen molar-refractivity contribution < 1.29 is 13.9 Å². The van der Waals surface area contributed by atoms with Gasteiger partial charge in [0.25, 0.3) is 0 Å². The zero-order valence-electron chi connectivity index (χ0n) is 11.4. The Morgan fingerprint density at radius 1 is 1.55 bits per heavy atom. The van der Waals surface area contributed by atoms with Crippen LogP contribution in [0.2, 0.25) is 0 Å². The Balaban J connectivity index is 1.54. The molecule has 1 aromatic heterocycles. The second-order valence-electron chi connectivity index (χ2n) is 5.51. The van der Waals surface area contributed by atoms with E-state index in [1.54, 1.807) is 12.3 Å². The van der Waals surface area contributed by atoms with E-state index in [0.29, 0.717) is 31.5 Å². The highest BCUT2D eigenvalue weighted by molar-refractivity contribution is 5.35. The average molecular weight is 281 g/mol. The zero-order chi connectivity index (χ0) is 13.8. The maximum Gasteiger partial charge on any atom is 0.165 e. The highest BCUT2D eigenvalue weighted by atomic mass is 19.1. The summed E-state index contributed by atoms with van der Waals surface area (Å²) in [6.07, 6.45) is 2.50. The Labute approximate surface area is 117 Å². The van der Waals surface area contributed by atoms with Gasteiger partial charge in [-0.05, 0) is 18.6 Å². The van der Waals surface area contributed by atoms with Crippen LogP contribution in [0.5, 0.6) is 0 Å². The lowest BCUT2D eigenvalue weighted by atomic mass is 9.94. The van der Waals surface area contributed by atoms with Gasteiger partial charge >= 0.3 is 0 Å². The van der Waals surface area contributed by atoms with Crippen LogP contribution in [0.1, 0.15) is 6.42 Å². The van der Waals surface area contributed by atoms with Crippen LogP contribution in [0.15, 0.2) is 18.3 Å². The Bertz CT molecular complexity index is 450. The summed E-state index contributed by atoms with van der Waals surface area (Å²) < 4.78 is 25.0. The van der Waals surface area contributed by atoms with Crippen LogP contribution in [0.3, 0.4) is 0 Å². The van der Waals surface area contributed by atoms with Crippen LogP contribution in [-0.2, 0) is 9.47 Å². The number of aromatic nitrogens is 1. The maximum atomic E-state index is 13.5. The molecule has 2 N–H and O–H groups in total. The molecule has 20 heavy (non-hydrogen) atoms. The van der Waals surface area contributed by atoms with Gasteiger partial charge in [-0.25, -0.2) is 9.37 Å². The van der Waals surface area contributed by atoms with E-state index < -0.39 is 0 Å². The van der Waals surface area contributed by atoms with Crippen LogP contribution in [0.4, 0.5) is 10.2 Å². The van der Waals surface area contributed by atoms with Gasteiger partial charge < -0.3 is 20.1 Å². The average Bonchev–Trinajstić information content (AvgIpc) is 2.70. The van der Waals surface area contributed by atoms with E-state index in [1.807, 2.05) is 0 Å². The first-order chi connectivity index (χ1) is 9.77. The third-order valence-corrected chi connectivity index (χ3v) is 3.84. The maximum absolute atomic E-state index is 13.5. The van der Waals surface area contributed by atoms with Gasteiger partial charge in [0, 0.05) is 31.7 Å². The van der Waals surface area contributed by atoms with Gasteiger partial charge in [0.15, 0.2) is 11.6 Å². The smallest absolute Gasteiger partial charge is 0.165 e. The predicted molar refractivity (Wildman–Crippen MR) is 73.2 cm³/mol. The lowest BCUT2D eigenvalue weighted by molar-refractivity contribution is -0.0471. The van der Waals surface area contributed by atoms with Crippen LogP contribution in [0, 0.1) is 11.7 Å². The van der Waals surface area contributed by atoms with E-state index in [2.05, 4.69) is 15.6 Å². The fraction of sp³-hybridized carbons (Fsp3) is 0.643. The molecule has 0 amide bonds. The quantitative estimate of drug-likeness (QED) is 0.866. The summed E-state index contributed by atoms with van der Waals surface area (Å²) >= 11 is 0. The van der Waals surface area contributed by atoms with Crippen LogP contribution in [-0.4, -0.2) is 50.0 Å². The molecule has 2 aliphatic rings. The number of ether oxygens (including phenoxy) is 2. The van der Waals surface area contributed by atoms with E-state index >= 15 is 0 Å². The van der Waals surface area contributed by atoms with Crippen molar-refractivity contribution in [3.63, 3.8) is 0 Å². The normalized spacial score (nSPS) is 30.4. The molecule has 0 radical (unpaired) electrons. The first kappa shape index (κ1) is 13.7. The molecule has 0 saturated carbocycles. The number of hydrogen-bond acceptors (Lipinski definition) is 5. The van der Waals surface area contributed by atoms with Crippen molar-refractivity contribution in [1.82, 2.24) is 10.3 Å². The summed E-state index contributed by atoms with van der Waals surface area (Å²) in [6, 6.07) is 2.99. The first-order valence-corrected chi connectivity index (χ1v) is 7.04. The number of pyridine rings is 1. The molecule has 6 heteroatoms. The van der Waals surface area contributed by atoms with Gasteiger partial charge in [0.1, 0.15) is 5.60 Å². The van der Waals surface area contributed by atoms with Crippen molar-refractivity contribution in [2.45, 2.75) is 12.0 Å². The third kappa shape index (κ3) is 3.08. The lowest BCUT2D eigenvalue weighted by Crippen LogP contribution is -2.42. The predicted octanol–water partition coefficient (Wildman–Crippen LogP) is 1.03. The molecule has 3 heterocycles. The number of nitrogens with one attached hydrogen (secondary N) is 2. The lowest BCUT2D eigenvalue weighted by Gasteiger charge is -2.25. The molecule has 0 unspecified atom stereocenters. The largest absolute Gasteiger partial charge is 0.377 e. The second kappa shape index (κ2) is 6.03. The zero-order valence-corrected chi connectivity index (χ0v) is 11.4. The summed E-state index contributed by atoms with van der Waals surface area (Å²) in [7, 11) is 0. The number of rotatable bonds is 3.